The van der Waals surface area contributed by atoms with Crippen molar-refractivity contribution < 1.29 is 22.8 Å². The van der Waals surface area contributed by atoms with Gasteiger partial charge in [0.05, 0.1) is 0 Å². The Bertz CT molecular complexity index is 747. The quantitative estimate of drug-likeness (QED) is 0.792. The molecule has 2 rings (SSSR count). The van der Waals surface area contributed by atoms with Crippen molar-refractivity contribution in [2.75, 3.05) is 12.4 Å². The molecular weight excluding hydrogens is 316 g/mol. The molecule has 0 saturated carbocycles. The lowest BCUT2D eigenvalue weighted by molar-refractivity contribution is 0.335. The number of hydrogen-bond acceptors (Lipinski definition) is 4. The van der Waals surface area contributed by atoms with E-state index in [0.29, 0.717) is 5.75 Å². The molecular formula is C17H20O5S. The molecule has 0 spiro atoms. The predicted octanol–water partition coefficient (Wildman–Crippen LogP) is 2.98. The minimum Gasteiger partial charge on any atom is -0.508 e. The number of benzene rings is 2. The van der Waals surface area contributed by atoms with Crippen LogP contribution in [0.25, 0.3) is 0 Å². The number of hydrogen-bond donors (Lipinski definition) is 2. The summed E-state index contributed by atoms with van der Waals surface area (Å²) in [5.74, 6) is 0.333. The molecule has 6 heteroatoms. The van der Waals surface area contributed by atoms with Gasteiger partial charge in [-0.2, -0.15) is 8.42 Å². The van der Waals surface area contributed by atoms with E-state index in [-0.39, 0.29) is 17.8 Å². The summed E-state index contributed by atoms with van der Waals surface area (Å²) in [7, 11) is -4.01. The van der Waals surface area contributed by atoms with Crippen molar-refractivity contribution in [3.63, 3.8) is 0 Å². The highest BCUT2D eigenvalue weighted by atomic mass is 32.2. The maximum Gasteiger partial charge on any atom is 0.268 e. The Hall–Kier alpha value is -2.05. The first-order valence-corrected chi connectivity index (χ1v) is 8.77. The molecule has 5 nitrogen and oxygen atoms in total. The van der Waals surface area contributed by atoms with E-state index >= 15 is 0 Å². The zero-order valence-corrected chi connectivity index (χ0v) is 13.9. The van der Waals surface area contributed by atoms with Crippen LogP contribution >= 0.6 is 0 Å². The molecule has 0 saturated heterocycles. The fourth-order valence-corrected chi connectivity index (χ4v) is 2.57. The van der Waals surface area contributed by atoms with Gasteiger partial charge in [-0.15, -0.1) is 0 Å². The van der Waals surface area contributed by atoms with Gasteiger partial charge in [-0.1, -0.05) is 38.1 Å². The Morgan fingerprint density at radius 3 is 1.91 bits per heavy atom. The summed E-state index contributed by atoms with van der Waals surface area (Å²) in [6.45, 7) is 4.06. The van der Waals surface area contributed by atoms with Crippen LogP contribution in [0.2, 0.25) is 0 Å². The van der Waals surface area contributed by atoms with E-state index in [9.17, 15) is 13.5 Å². The molecule has 0 radical (unpaired) electrons. The number of rotatable bonds is 6. The van der Waals surface area contributed by atoms with Crippen LogP contribution in [0.15, 0.2) is 48.5 Å². The molecule has 0 aliphatic heterocycles. The van der Waals surface area contributed by atoms with Gasteiger partial charge in [0.2, 0.25) is 0 Å². The lowest BCUT2D eigenvalue weighted by Gasteiger charge is -2.26. The van der Waals surface area contributed by atoms with Crippen LogP contribution in [0.5, 0.6) is 11.5 Å². The van der Waals surface area contributed by atoms with E-state index in [0.717, 1.165) is 11.1 Å². The second-order valence-electron chi connectivity index (χ2n) is 5.83. The van der Waals surface area contributed by atoms with Crippen molar-refractivity contribution in [1.29, 1.82) is 0 Å². The van der Waals surface area contributed by atoms with E-state index in [1.165, 1.54) is 0 Å². The van der Waals surface area contributed by atoms with E-state index in [1.54, 1.807) is 24.3 Å². The summed E-state index contributed by atoms with van der Waals surface area (Å²) < 4.78 is 35.3. The first-order chi connectivity index (χ1) is 10.7. The Labute approximate surface area is 136 Å². The second-order valence-corrected chi connectivity index (χ2v) is 7.40. The molecule has 124 valence electrons. The molecule has 0 amide bonds. The van der Waals surface area contributed by atoms with E-state index in [1.807, 2.05) is 24.3 Å². The van der Waals surface area contributed by atoms with Crippen LogP contribution in [-0.4, -0.2) is 30.4 Å². The van der Waals surface area contributed by atoms with Gasteiger partial charge < -0.3 is 9.84 Å². The topological polar surface area (TPSA) is 83.8 Å². The molecule has 0 atom stereocenters. The van der Waals surface area contributed by atoms with Crippen molar-refractivity contribution in [3.8, 4) is 11.5 Å². The standard InChI is InChI=1S/C17H20O5S/c1-17(2,13-3-7-15(18)8-4-13)14-5-9-16(10-6-14)22-11-12-23(19,20)21/h3-10,18H,11-12H2,1-2H3,(H,19,20,21). The molecule has 0 bridgehead atoms. The zero-order valence-electron chi connectivity index (χ0n) is 13.1. The monoisotopic (exact) mass is 336 g/mol. The summed E-state index contributed by atoms with van der Waals surface area (Å²) in [5, 5.41) is 9.39. The first-order valence-electron chi connectivity index (χ1n) is 7.16. The summed E-state index contributed by atoms with van der Waals surface area (Å²) >= 11 is 0. The fraction of sp³-hybridized carbons (Fsp3) is 0.294. The van der Waals surface area contributed by atoms with Crippen LogP contribution in [0.4, 0.5) is 0 Å². The van der Waals surface area contributed by atoms with Gasteiger partial charge in [0.1, 0.15) is 23.9 Å². The molecule has 2 N–H and O–H groups in total. The molecule has 0 aliphatic rings. The molecule has 23 heavy (non-hydrogen) atoms. The minimum absolute atomic E-state index is 0.0977. The third-order valence-electron chi connectivity index (χ3n) is 3.78. The molecule has 0 heterocycles. The smallest absolute Gasteiger partial charge is 0.268 e. The third-order valence-corrected chi connectivity index (χ3v) is 4.46. The summed E-state index contributed by atoms with van der Waals surface area (Å²) in [4.78, 5) is 0. The Kier molecular flexibility index (Phi) is 4.97. The predicted molar refractivity (Wildman–Crippen MR) is 88.6 cm³/mol. The van der Waals surface area contributed by atoms with Gasteiger partial charge in [-0.05, 0) is 35.4 Å². The van der Waals surface area contributed by atoms with Crippen LogP contribution in [0, 0.1) is 0 Å². The average molecular weight is 336 g/mol. The van der Waals surface area contributed by atoms with Gasteiger partial charge in [-0.25, -0.2) is 0 Å². The van der Waals surface area contributed by atoms with E-state index in [4.69, 9.17) is 9.29 Å². The highest BCUT2D eigenvalue weighted by Gasteiger charge is 2.23. The summed E-state index contributed by atoms with van der Waals surface area (Å²) in [5.41, 5.74) is 1.88. The first kappa shape index (κ1) is 17.3. The van der Waals surface area contributed by atoms with Gasteiger partial charge in [-0.3, -0.25) is 4.55 Å². The Morgan fingerprint density at radius 1 is 0.957 bits per heavy atom. The second kappa shape index (κ2) is 6.60. The number of phenolic OH excluding ortho intramolecular Hbond substituents is 1. The van der Waals surface area contributed by atoms with Crippen molar-refractivity contribution in [3.05, 3.63) is 59.7 Å². The maximum absolute atomic E-state index is 10.6. The van der Waals surface area contributed by atoms with E-state index < -0.39 is 15.9 Å². The van der Waals surface area contributed by atoms with Crippen LogP contribution in [0.3, 0.4) is 0 Å². The lowest BCUT2D eigenvalue weighted by atomic mass is 9.78. The van der Waals surface area contributed by atoms with Gasteiger partial charge in [0.15, 0.2) is 0 Å². The molecule has 0 unspecified atom stereocenters. The highest BCUT2D eigenvalue weighted by molar-refractivity contribution is 7.85. The summed E-state index contributed by atoms with van der Waals surface area (Å²) in [6, 6.07) is 14.4. The van der Waals surface area contributed by atoms with Crippen LogP contribution < -0.4 is 4.74 Å². The largest absolute Gasteiger partial charge is 0.508 e. The highest BCUT2D eigenvalue weighted by Crippen LogP contribution is 2.33. The normalized spacial score (nSPS) is 12.1. The van der Waals surface area contributed by atoms with E-state index in [2.05, 4.69) is 13.8 Å². The molecule has 2 aromatic rings. The van der Waals surface area contributed by atoms with Gasteiger partial charge >= 0.3 is 0 Å². The van der Waals surface area contributed by atoms with Gasteiger partial charge in [0.25, 0.3) is 10.1 Å². The zero-order chi connectivity index (χ0) is 17.1. The fourth-order valence-electron chi connectivity index (χ4n) is 2.28. The number of aromatic hydroxyl groups is 1. The molecule has 0 fully saturated rings. The summed E-state index contributed by atoms with van der Waals surface area (Å²) in [6.07, 6.45) is 0. The number of ether oxygens (including phenoxy) is 1. The lowest BCUT2D eigenvalue weighted by Crippen LogP contribution is -2.18. The van der Waals surface area contributed by atoms with Crippen molar-refractivity contribution in [1.82, 2.24) is 0 Å². The Morgan fingerprint density at radius 2 is 1.43 bits per heavy atom. The van der Waals surface area contributed by atoms with Crippen LogP contribution in [0.1, 0.15) is 25.0 Å². The SMILES string of the molecule is CC(C)(c1ccc(O)cc1)c1ccc(OCCS(=O)(=O)O)cc1. The third kappa shape index (κ3) is 4.71. The molecule has 0 aromatic heterocycles. The minimum atomic E-state index is -4.01. The van der Waals surface area contributed by atoms with Gasteiger partial charge in [0, 0.05) is 5.41 Å². The van der Waals surface area contributed by atoms with Crippen molar-refractivity contribution in [2.45, 2.75) is 19.3 Å². The molecule has 2 aromatic carbocycles. The molecule has 0 aliphatic carbocycles. The average Bonchev–Trinajstić information content (AvgIpc) is 2.47. The Balaban J connectivity index is 2.10. The maximum atomic E-state index is 10.6. The van der Waals surface area contributed by atoms with Crippen LogP contribution in [-0.2, 0) is 15.5 Å². The van der Waals surface area contributed by atoms with Crippen molar-refractivity contribution in [2.24, 2.45) is 0 Å². The van der Waals surface area contributed by atoms with Crippen molar-refractivity contribution >= 4 is 10.1 Å². The number of phenols is 1.